The van der Waals surface area contributed by atoms with Gasteiger partial charge < -0.3 is 10.4 Å². The van der Waals surface area contributed by atoms with Crippen LogP contribution in [0, 0.1) is 6.92 Å². The van der Waals surface area contributed by atoms with Crippen molar-refractivity contribution in [1.29, 1.82) is 0 Å². The van der Waals surface area contributed by atoms with E-state index in [1.807, 2.05) is 0 Å². The molecular formula is C11H8F3N3O3. The molecule has 0 aromatic carbocycles. The van der Waals surface area contributed by atoms with E-state index in [4.69, 9.17) is 5.11 Å². The number of halogens is 3. The summed E-state index contributed by atoms with van der Waals surface area (Å²) in [6, 6.07) is 3.05. The van der Waals surface area contributed by atoms with Crippen molar-refractivity contribution in [2.24, 2.45) is 0 Å². The number of hydrogen-bond donors (Lipinski definition) is 2. The van der Waals surface area contributed by atoms with Crippen LogP contribution < -0.4 is 5.32 Å². The van der Waals surface area contributed by atoms with Crippen LogP contribution in [0.25, 0.3) is 5.65 Å². The number of hydrogen-bond acceptors (Lipinski definition) is 3. The topological polar surface area (TPSA) is 83.7 Å². The quantitative estimate of drug-likeness (QED) is 0.882. The maximum atomic E-state index is 12.3. The van der Waals surface area contributed by atoms with E-state index >= 15 is 0 Å². The van der Waals surface area contributed by atoms with Crippen LogP contribution >= 0.6 is 0 Å². The normalized spacial score (nSPS) is 11.6. The molecule has 106 valence electrons. The number of rotatable bonds is 2. The maximum Gasteiger partial charge on any atom is 0.471 e. The molecule has 0 atom stereocenters. The van der Waals surface area contributed by atoms with Gasteiger partial charge in [0.05, 0.1) is 0 Å². The molecule has 0 saturated heterocycles. The summed E-state index contributed by atoms with van der Waals surface area (Å²) in [5.41, 5.74) is 0.119. The van der Waals surface area contributed by atoms with Crippen molar-refractivity contribution in [2.45, 2.75) is 13.1 Å². The lowest BCUT2D eigenvalue weighted by Crippen LogP contribution is -2.31. The Morgan fingerprint density at radius 2 is 2.00 bits per heavy atom. The van der Waals surface area contributed by atoms with Crippen LogP contribution in [0.15, 0.2) is 18.3 Å². The first-order chi connectivity index (χ1) is 9.20. The van der Waals surface area contributed by atoms with Crippen molar-refractivity contribution in [1.82, 2.24) is 9.38 Å². The zero-order chi connectivity index (χ0) is 15.1. The Morgan fingerprint density at radius 3 is 2.55 bits per heavy atom. The third-order valence-electron chi connectivity index (χ3n) is 2.46. The number of anilines is 1. The van der Waals surface area contributed by atoms with Gasteiger partial charge in [-0.2, -0.15) is 13.2 Å². The highest BCUT2D eigenvalue weighted by molar-refractivity contribution is 6.01. The lowest BCUT2D eigenvalue weighted by atomic mass is 10.3. The number of aromatic nitrogens is 2. The smallest absolute Gasteiger partial charge is 0.471 e. The van der Waals surface area contributed by atoms with Crippen molar-refractivity contribution in [2.75, 3.05) is 5.32 Å². The van der Waals surface area contributed by atoms with Gasteiger partial charge in [-0.05, 0) is 18.6 Å². The SMILES string of the molecule is Cc1ccc2nc(C(=O)O)c(NC(=O)C(F)(F)F)n2c1. The van der Waals surface area contributed by atoms with Crippen LogP contribution in [-0.2, 0) is 4.79 Å². The van der Waals surface area contributed by atoms with Crippen molar-refractivity contribution in [3.8, 4) is 0 Å². The highest BCUT2D eigenvalue weighted by Crippen LogP contribution is 2.23. The molecule has 1 amide bonds. The predicted octanol–water partition coefficient (Wildman–Crippen LogP) is 1.84. The number of alkyl halides is 3. The minimum absolute atomic E-state index is 0.116. The molecule has 0 unspecified atom stereocenters. The lowest BCUT2D eigenvalue weighted by Gasteiger charge is -2.08. The Hall–Kier alpha value is -2.58. The molecule has 20 heavy (non-hydrogen) atoms. The number of amides is 1. The fourth-order valence-corrected chi connectivity index (χ4v) is 1.60. The second-order valence-corrected chi connectivity index (χ2v) is 4.00. The predicted molar refractivity (Wildman–Crippen MR) is 61.6 cm³/mol. The first kappa shape index (κ1) is 13.8. The van der Waals surface area contributed by atoms with Gasteiger partial charge in [-0.1, -0.05) is 6.07 Å². The Labute approximate surface area is 109 Å². The molecule has 2 heterocycles. The average Bonchev–Trinajstić information content (AvgIpc) is 2.66. The largest absolute Gasteiger partial charge is 0.476 e. The van der Waals surface area contributed by atoms with Crippen LogP contribution in [0.5, 0.6) is 0 Å². The molecule has 0 aliphatic rings. The minimum atomic E-state index is -5.12. The first-order valence-corrected chi connectivity index (χ1v) is 5.30. The van der Waals surface area contributed by atoms with E-state index in [0.717, 1.165) is 4.40 Å². The summed E-state index contributed by atoms with van der Waals surface area (Å²) >= 11 is 0. The van der Waals surface area contributed by atoms with Crippen molar-refractivity contribution in [3.05, 3.63) is 29.6 Å². The molecule has 0 bridgehead atoms. The average molecular weight is 287 g/mol. The van der Waals surface area contributed by atoms with Crippen LogP contribution in [0.4, 0.5) is 19.0 Å². The number of nitrogens with zero attached hydrogens (tertiary/aromatic N) is 2. The van der Waals surface area contributed by atoms with Crippen LogP contribution in [0.3, 0.4) is 0 Å². The Bertz CT molecular complexity index is 706. The molecule has 2 rings (SSSR count). The van der Waals surface area contributed by atoms with Crippen LogP contribution in [0.1, 0.15) is 16.1 Å². The number of carboxylic acid groups (broad SMARTS) is 1. The van der Waals surface area contributed by atoms with E-state index in [0.29, 0.717) is 5.56 Å². The number of carbonyl (C=O) groups excluding carboxylic acids is 1. The summed E-state index contributed by atoms with van der Waals surface area (Å²) in [5, 5.41) is 10.5. The van der Waals surface area contributed by atoms with Crippen LogP contribution in [-0.4, -0.2) is 32.5 Å². The molecule has 2 aromatic rings. The van der Waals surface area contributed by atoms with Gasteiger partial charge in [0.15, 0.2) is 11.5 Å². The lowest BCUT2D eigenvalue weighted by molar-refractivity contribution is -0.167. The summed E-state index contributed by atoms with van der Waals surface area (Å²) in [4.78, 5) is 25.6. The molecular weight excluding hydrogens is 279 g/mol. The van der Waals surface area contributed by atoms with E-state index in [9.17, 15) is 22.8 Å². The Morgan fingerprint density at radius 1 is 1.35 bits per heavy atom. The molecule has 0 aliphatic carbocycles. The van der Waals surface area contributed by atoms with Crippen molar-refractivity contribution >= 4 is 23.3 Å². The minimum Gasteiger partial charge on any atom is -0.476 e. The van der Waals surface area contributed by atoms with Gasteiger partial charge in [0, 0.05) is 6.20 Å². The molecule has 0 saturated carbocycles. The van der Waals surface area contributed by atoms with Crippen molar-refractivity contribution in [3.63, 3.8) is 0 Å². The number of fused-ring (bicyclic) bond motifs is 1. The van der Waals surface area contributed by atoms with Crippen LogP contribution in [0.2, 0.25) is 0 Å². The molecule has 0 radical (unpaired) electrons. The zero-order valence-corrected chi connectivity index (χ0v) is 10.0. The first-order valence-electron chi connectivity index (χ1n) is 5.30. The second-order valence-electron chi connectivity index (χ2n) is 4.00. The number of pyridine rings is 1. The number of aromatic carboxylic acids is 1. The van der Waals surface area contributed by atoms with Gasteiger partial charge in [0.1, 0.15) is 5.65 Å². The number of carboxylic acids is 1. The fraction of sp³-hybridized carbons (Fsp3) is 0.182. The fourth-order valence-electron chi connectivity index (χ4n) is 1.60. The maximum absolute atomic E-state index is 12.3. The van der Waals surface area contributed by atoms with E-state index in [1.165, 1.54) is 17.6 Å². The molecule has 0 fully saturated rings. The van der Waals surface area contributed by atoms with Gasteiger partial charge >= 0.3 is 18.1 Å². The van der Waals surface area contributed by atoms with Gasteiger partial charge in [0.2, 0.25) is 0 Å². The van der Waals surface area contributed by atoms with E-state index in [-0.39, 0.29) is 5.65 Å². The third-order valence-corrected chi connectivity index (χ3v) is 2.46. The number of imidazole rings is 1. The summed E-state index contributed by atoms with van der Waals surface area (Å²) in [5.74, 6) is -4.33. The summed E-state index contributed by atoms with van der Waals surface area (Å²) in [7, 11) is 0. The molecule has 6 nitrogen and oxygen atoms in total. The summed E-state index contributed by atoms with van der Waals surface area (Å²) in [6.07, 6.45) is -3.75. The van der Waals surface area contributed by atoms with Crippen molar-refractivity contribution < 1.29 is 27.9 Å². The van der Waals surface area contributed by atoms with Gasteiger partial charge in [0.25, 0.3) is 0 Å². The standard InChI is InChI=1S/C11H8F3N3O3/c1-5-2-3-6-15-7(9(18)19)8(17(6)4-5)16-10(20)11(12,13)14/h2-4H,1H3,(H,16,20)(H,18,19). The Kier molecular flexibility index (Phi) is 3.12. The van der Waals surface area contributed by atoms with E-state index < -0.39 is 29.6 Å². The van der Waals surface area contributed by atoms with Gasteiger partial charge in [-0.15, -0.1) is 0 Å². The van der Waals surface area contributed by atoms with E-state index in [2.05, 4.69) is 4.98 Å². The molecule has 2 aromatic heterocycles. The molecule has 2 N–H and O–H groups in total. The van der Waals surface area contributed by atoms with Gasteiger partial charge in [-0.3, -0.25) is 9.20 Å². The molecule has 0 spiro atoms. The summed E-state index contributed by atoms with van der Waals surface area (Å²) < 4.78 is 37.9. The Balaban J connectivity index is 2.59. The van der Waals surface area contributed by atoms with E-state index in [1.54, 1.807) is 13.0 Å². The molecule has 9 heteroatoms. The third kappa shape index (κ3) is 2.42. The number of carbonyl (C=O) groups is 2. The number of nitrogens with one attached hydrogen (secondary N) is 1. The highest BCUT2D eigenvalue weighted by atomic mass is 19.4. The summed E-state index contributed by atoms with van der Waals surface area (Å²) in [6.45, 7) is 1.66. The van der Waals surface area contributed by atoms with Gasteiger partial charge in [-0.25, -0.2) is 9.78 Å². The molecule has 0 aliphatic heterocycles. The highest BCUT2D eigenvalue weighted by Gasteiger charge is 2.40. The second kappa shape index (κ2) is 4.51. The monoisotopic (exact) mass is 287 g/mol. The number of aryl methyl sites for hydroxylation is 1. The zero-order valence-electron chi connectivity index (χ0n) is 10.0.